The molecule has 0 heterocycles. The van der Waals surface area contributed by atoms with Gasteiger partial charge in [0.2, 0.25) is 0 Å². The Morgan fingerprint density at radius 1 is 1.53 bits per heavy atom. The van der Waals surface area contributed by atoms with Gasteiger partial charge in [0.1, 0.15) is 5.78 Å². The van der Waals surface area contributed by atoms with Crippen LogP contribution in [-0.2, 0) is 17.1 Å². The van der Waals surface area contributed by atoms with E-state index in [1.807, 2.05) is 24.5 Å². The summed E-state index contributed by atoms with van der Waals surface area (Å²) in [6, 6.07) is 5.97. The second kappa shape index (κ2) is 6.56. The minimum absolute atomic E-state index is 0.180. The van der Waals surface area contributed by atoms with Crippen molar-refractivity contribution in [3.05, 3.63) is 29.3 Å². The van der Waals surface area contributed by atoms with E-state index in [2.05, 4.69) is 15.9 Å². The number of hydrogen-bond acceptors (Lipinski definition) is 2. The molecule has 0 aliphatic heterocycles. The van der Waals surface area contributed by atoms with Gasteiger partial charge in [0, 0.05) is 17.2 Å². The van der Waals surface area contributed by atoms with Gasteiger partial charge in [0.25, 0.3) is 0 Å². The van der Waals surface area contributed by atoms with E-state index in [1.54, 1.807) is 11.8 Å². The number of ketones is 1. The van der Waals surface area contributed by atoms with Crippen LogP contribution in [0.15, 0.2) is 23.1 Å². The summed E-state index contributed by atoms with van der Waals surface area (Å²) in [6.45, 7) is 0. The van der Waals surface area contributed by atoms with Crippen LogP contribution >= 0.6 is 39.3 Å². The summed E-state index contributed by atoms with van der Waals surface area (Å²) < 4.78 is 0. The van der Waals surface area contributed by atoms with Gasteiger partial charge in [-0.2, -0.15) is 0 Å². The van der Waals surface area contributed by atoms with Gasteiger partial charge >= 0.3 is 0 Å². The van der Waals surface area contributed by atoms with E-state index in [0.29, 0.717) is 17.6 Å². The highest BCUT2D eigenvalue weighted by molar-refractivity contribution is 9.09. The van der Waals surface area contributed by atoms with E-state index in [-0.39, 0.29) is 5.78 Å². The normalized spacial score (nSPS) is 10.3. The molecule has 1 aromatic carbocycles. The van der Waals surface area contributed by atoms with Gasteiger partial charge < -0.3 is 0 Å². The first-order valence-corrected chi connectivity index (χ1v) is 7.39. The molecule has 1 nitrogen and oxygen atoms in total. The summed E-state index contributed by atoms with van der Waals surface area (Å²) in [5, 5.41) is 0.401. The van der Waals surface area contributed by atoms with Crippen LogP contribution in [0.2, 0.25) is 0 Å². The molecule has 0 unspecified atom stereocenters. The lowest BCUT2D eigenvalue weighted by atomic mass is 10.0. The molecule has 0 radical (unpaired) electrons. The summed E-state index contributed by atoms with van der Waals surface area (Å²) >= 11 is 10.7. The van der Waals surface area contributed by atoms with Crippen LogP contribution in [0.1, 0.15) is 11.1 Å². The molecule has 1 aromatic rings. The van der Waals surface area contributed by atoms with E-state index in [1.165, 1.54) is 0 Å². The van der Waals surface area contributed by atoms with Crippen molar-refractivity contribution in [2.24, 2.45) is 0 Å². The second-order valence-corrected chi connectivity index (χ2v) is 4.76. The smallest absolute Gasteiger partial charge is 0.147 e. The molecule has 0 amide bonds. The predicted octanol–water partition coefficient (Wildman–Crippen LogP) is 3.65. The standard InChI is InChI=1S/C11H12BrClOS/c1-15-11-4-2-3-8(10(11)7-13)5-9(14)6-12/h2-4H,5-7H2,1H3. The SMILES string of the molecule is CSc1cccc(CC(=O)CBr)c1CCl. The topological polar surface area (TPSA) is 17.1 Å². The van der Waals surface area contributed by atoms with Crippen molar-refractivity contribution in [1.29, 1.82) is 0 Å². The summed E-state index contributed by atoms with van der Waals surface area (Å²) in [5.74, 6) is 0.640. The number of hydrogen-bond donors (Lipinski definition) is 0. The maximum absolute atomic E-state index is 11.4. The zero-order valence-corrected chi connectivity index (χ0v) is 11.6. The van der Waals surface area contributed by atoms with E-state index < -0.39 is 0 Å². The van der Waals surface area contributed by atoms with Crippen molar-refractivity contribution in [3.63, 3.8) is 0 Å². The van der Waals surface area contributed by atoms with Gasteiger partial charge in [-0.25, -0.2) is 0 Å². The molecule has 15 heavy (non-hydrogen) atoms. The molecule has 0 bridgehead atoms. The fourth-order valence-corrected chi connectivity index (χ4v) is 2.64. The monoisotopic (exact) mass is 306 g/mol. The Kier molecular flexibility index (Phi) is 5.72. The maximum atomic E-state index is 11.4. The van der Waals surface area contributed by atoms with Crippen LogP contribution in [0.3, 0.4) is 0 Å². The molecule has 0 spiro atoms. The Morgan fingerprint density at radius 2 is 2.27 bits per heavy atom. The van der Waals surface area contributed by atoms with Gasteiger partial charge in [0.15, 0.2) is 0 Å². The third kappa shape index (κ3) is 3.51. The Labute approximate surface area is 108 Å². The number of benzene rings is 1. The Hall–Kier alpha value is 0.01000. The Bertz CT molecular complexity index is 354. The highest BCUT2D eigenvalue weighted by atomic mass is 79.9. The minimum Gasteiger partial charge on any atom is -0.298 e. The Balaban J connectivity index is 3.00. The van der Waals surface area contributed by atoms with E-state index in [0.717, 1.165) is 16.0 Å². The van der Waals surface area contributed by atoms with Gasteiger partial charge in [-0.3, -0.25) is 4.79 Å². The van der Waals surface area contributed by atoms with Crippen molar-refractivity contribution in [3.8, 4) is 0 Å². The second-order valence-electron chi connectivity index (χ2n) is 3.08. The molecule has 82 valence electrons. The van der Waals surface area contributed by atoms with Crippen LogP contribution in [0.5, 0.6) is 0 Å². The summed E-state index contributed by atoms with van der Waals surface area (Å²) in [6.07, 6.45) is 2.48. The number of halogens is 2. The summed E-state index contributed by atoms with van der Waals surface area (Å²) in [7, 11) is 0. The average molecular weight is 308 g/mol. The molecule has 0 saturated carbocycles. The molecular weight excluding hydrogens is 296 g/mol. The summed E-state index contributed by atoms with van der Waals surface area (Å²) in [4.78, 5) is 12.5. The van der Waals surface area contributed by atoms with Crippen LogP contribution < -0.4 is 0 Å². The molecule has 0 aromatic heterocycles. The van der Waals surface area contributed by atoms with Crippen molar-refractivity contribution < 1.29 is 4.79 Å². The lowest BCUT2D eigenvalue weighted by Crippen LogP contribution is -2.06. The fourth-order valence-electron chi connectivity index (χ4n) is 1.38. The first kappa shape index (κ1) is 13.1. The lowest BCUT2D eigenvalue weighted by molar-refractivity contribution is -0.115. The van der Waals surface area contributed by atoms with E-state index in [4.69, 9.17) is 11.6 Å². The quantitative estimate of drug-likeness (QED) is 0.610. The zero-order chi connectivity index (χ0) is 11.3. The van der Waals surface area contributed by atoms with Gasteiger partial charge in [-0.15, -0.1) is 23.4 Å². The molecule has 0 atom stereocenters. The van der Waals surface area contributed by atoms with Crippen LogP contribution in [0.4, 0.5) is 0 Å². The van der Waals surface area contributed by atoms with Crippen LogP contribution in [-0.4, -0.2) is 17.4 Å². The first-order valence-electron chi connectivity index (χ1n) is 4.51. The highest BCUT2D eigenvalue weighted by Gasteiger charge is 2.09. The number of carbonyl (C=O) groups excluding carboxylic acids is 1. The highest BCUT2D eigenvalue weighted by Crippen LogP contribution is 2.25. The van der Waals surface area contributed by atoms with Gasteiger partial charge in [-0.1, -0.05) is 28.1 Å². The van der Waals surface area contributed by atoms with Crippen molar-refractivity contribution in [2.45, 2.75) is 17.2 Å². The van der Waals surface area contributed by atoms with Crippen molar-refractivity contribution in [2.75, 3.05) is 11.6 Å². The molecule has 0 aliphatic rings. The van der Waals surface area contributed by atoms with E-state index in [9.17, 15) is 4.79 Å². The zero-order valence-electron chi connectivity index (χ0n) is 8.43. The van der Waals surface area contributed by atoms with Crippen molar-refractivity contribution >= 4 is 45.1 Å². The minimum atomic E-state index is 0.180. The molecule has 0 N–H and O–H groups in total. The molecule has 0 aliphatic carbocycles. The van der Waals surface area contributed by atoms with Gasteiger partial charge in [-0.05, 0) is 23.4 Å². The number of alkyl halides is 2. The largest absolute Gasteiger partial charge is 0.298 e. The number of rotatable bonds is 5. The average Bonchev–Trinajstić information content (AvgIpc) is 2.28. The Morgan fingerprint density at radius 3 is 2.80 bits per heavy atom. The third-order valence-corrected chi connectivity index (χ3v) is 3.84. The number of Topliss-reactive ketones (excluding diaryl/α,β-unsaturated/α-hetero) is 1. The summed E-state index contributed by atoms with van der Waals surface area (Å²) in [5.41, 5.74) is 2.13. The third-order valence-electron chi connectivity index (χ3n) is 2.12. The number of carbonyl (C=O) groups is 1. The molecule has 0 fully saturated rings. The van der Waals surface area contributed by atoms with Crippen molar-refractivity contribution in [1.82, 2.24) is 0 Å². The molecule has 0 saturated heterocycles. The predicted molar refractivity (Wildman–Crippen MR) is 70.3 cm³/mol. The fraction of sp³-hybridized carbons (Fsp3) is 0.364. The molecule has 4 heteroatoms. The molecular formula is C11H12BrClOS. The number of thioether (sulfide) groups is 1. The van der Waals surface area contributed by atoms with Gasteiger partial charge in [0.05, 0.1) is 5.33 Å². The molecule has 1 rings (SSSR count). The lowest BCUT2D eigenvalue weighted by Gasteiger charge is -2.09. The maximum Gasteiger partial charge on any atom is 0.147 e. The van der Waals surface area contributed by atoms with E-state index >= 15 is 0 Å². The van der Waals surface area contributed by atoms with Crippen LogP contribution in [0, 0.1) is 0 Å². The first-order chi connectivity index (χ1) is 7.22. The van der Waals surface area contributed by atoms with Crippen LogP contribution in [0.25, 0.3) is 0 Å².